The van der Waals surface area contributed by atoms with Gasteiger partial charge in [-0.05, 0) is 19.1 Å². The second-order valence-electron chi connectivity index (χ2n) is 5.54. The molecule has 8 heteroatoms. The van der Waals surface area contributed by atoms with Gasteiger partial charge in [-0.1, -0.05) is 48.5 Å². The van der Waals surface area contributed by atoms with Crippen LogP contribution in [0.15, 0.2) is 66.0 Å². The van der Waals surface area contributed by atoms with Gasteiger partial charge in [-0.2, -0.15) is 13.2 Å². The molecule has 3 nitrogen and oxygen atoms in total. The molecule has 25 heavy (non-hydrogen) atoms. The average Bonchev–Trinajstić information content (AvgIpc) is 3.10. The van der Waals surface area contributed by atoms with Crippen molar-refractivity contribution in [2.75, 3.05) is 6.66 Å². The molecule has 0 bridgehead atoms. The van der Waals surface area contributed by atoms with Crippen LogP contribution in [-0.2, 0) is 10.1 Å². The third-order valence-corrected chi connectivity index (χ3v) is 8.74. The quantitative estimate of drug-likeness (QED) is 0.435. The van der Waals surface area contributed by atoms with E-state index in [-0.39, 0.29) is 0 Å². The van der Waals surface area contributed by atoms with Crippen molar-refractivity contribution in [3.8, 4) is 0 Å². The minimum absolute atomic E-state index is 1.11. The Bertz CT molecular complexity index is 878. The zero-order chi connectivity index (χ0) is 18.9. The summed E-state index contributed by atoms with van der Waals surface area (Å²) in [6, 6.07) is 21.7. The van der Waals surface area contributed by atoms with E-state index in [1.807, 2.05) is 0 Å². The van der Waals surface area contributed by atoms with Gasteiger partial charge in [-0.15, -0.1) is 0 Å². The molecule has 2 aromatic carbocycles. The van der Waals surface area contributed by atoms with E-state index in [0.29, 0.717) is 0 Å². The smallest absolute Gasteiger partial charge is 0.485 e. The molecule has 2 aromatic rings. The Morgan fingerprint density at radius 2 is 1.32 bits per heavy atom. The Hall–Kier alpha value is -1.69. The largest absolute Gasteiger partial charge is 0.741 e. The lowest BCUT2D eigenvalue weighted by molar-refractivity contribution is -0.0517. The molecular formula is C17H16F3O3PS. The predicted molar refractivity (Wildman–Crippen MR) is 93.7 cm³/mol. The Kier molecular flexibility index (Phi) is 5.42. The number of alkyl halides is 3. The Morgan fingerprint density at radius 1 is 0.920 bits per heavy atom. The van der Waals surface area contributed by atoms with Gasteiger partial charge in [0.25, 0.3) is 0 Å². The van der Waals surface area contributed by atoms with Crippen molar-refractivity contribution in [2.45, 2.75) is 12.4 Å². The maximum Gasteiger partial charge on any atom is 0.485 e. The molecule has 0 aromatic heterocycles. The number of rotatable bonds is 2. The van der Waals surface area contributed by atoms with Crippen molar-refractivity contribution in [2.24, 2.45) is 0 Å². The van der Waals surface area contributed by atoms with E-state index in [9.17, 15) is 13.2 Å². The molecule has 0 spiro atoms. The summed E-state index contributed by atoms with van der Waals surface area (Å²) in [4.78, 5) is 0. The SMILES string of the molecule is CC1=C(c2ccccc2)[P+]1(C)c1ccccc1.O=S(=O)([O-])C(F)(F)F. The molecule has 0 fully saturated rings. The monoisotopic (exact) mass is 388 g/mol. The van der Waals surface area contributed by atoms with Crippen molar-refractivity contribution in [3.05, 3.63) is 71.5 Å². The van der Waals surface area contributed by atoms with Gasteiger partial charge in [0.05, 0.1) is 6.66 Å². The highest BCUT2D eigenvalue weighted by Crippen LogP contribution is 2.86. The van der Waals surface area contributed by atoms with Gasteiger partial charge in [0, 0.05) is 5.56 Å². The molecule has 1 aliphatic rings. The summed E-state index contributed by atoms with van der Waals surface area (Å²) < 4.78 is 58.9. The molecule has 0 aliphatic carbocycles. The van der Waals surface area contributed by atoms with Crippen LogP contribution in [0, 0.1) is 0 Å². The summed E-state index contributed by atoms with van der Waals surface area (Å²) in [5.74, 6) is 0. The summed E-state index contributed by atoms with van der Waals surface area (Å²) in [5, 5.41) is 4.72. The standard InChI is InChI=1S/C16H16P.CHF3O3S/c1-13-16(14-9-5-3-6-10-14)17(13,2)15-11-7-4-8-12-15;2-1(3,4)8(5,6)7/h3-12H,1-2H3;(H,5,6,7)/q+1;/p-1. The van der Waals surface area contributed by atoms with Crippen molar-refractivity contribution in [3.63, 3.8) is 0 Å². The number of halogens is 3. The molecule has 0 saturated heterocycles. The molecule has 134 valence electrons. The average molecular weight is 388 g/mol. The lowest BCUT2D eigenvalue weighted by Gasteiger charge is -2.08. The normalized spacial score (nSPS) is 19.9. The van der Waals surface area contributed by atoms with Crippen LogP contribution < -0.4 is 5.30 Å². The van der Waals surface area contributed by atoms with Crippen LogP contribution in [0.2, 0.25) is 0 Å². The van der Waals surface area contributed by atoms with Crippen molar-refractivity contribution in [1.82, 2.24) is 0 Å². The summed E-state index contributed by atoms with van der Waals surface area (Å²) >= 11 is 0. The highest BCUT2D eigenvalue weighted by Gasteiger charge is 2.59. The van der Waals surface area contributed by atoms with Crippen LogP contribution in [0.3, 0.4) is 0 Å². The fourth-order valence-corrected chi connectivity index (χ4v) is 6.17. The minimum atomic E-state index is -6.09. The molecule has 0 radical (unpaired) electrons. The number of hydrogen-bond donors (Lipinski definition) is 0. The lowest BCUT2D eigenvalue weighted by Crippen LogP contribution is -2.21. The zero-order valence-electron chi connectivity index (χ0n) is 13.5. The van der Waals surface area contributed by atoms with Crippen molar-refractivity contribution < 1.29 is 26.1 Å². The van der Waals surface area contributed by atoms with Crippen LogP contribution in [0.5, 0.6) is 0 Å². The van der Waals surface area contributed by atoms with E-state index in [0.717, 1.165) is 0 Å². The molecule has 1 heterocycles. The van der Waals surface area contributed by atoms with Gasteiger partial charge >= 0.3 is 5.51 Å². The van der Waals surface area contributed by atoms with Crippen LogP contribution >= 0.6 is 7.26 Å². The van der Waals surface area contributed by atoms with E-state index >= 15 is 0 Å². The number of allylic oxidation sites excluding steroid dienone is 1. The Balaban J connectivity index is 0.000000242. The predicted octanol–water partition coefficient (Wildman–Crippen LogP) is 4.41. The lowest BCUT2D eigenvalue weighted by atomic mass is 10.2. The van der Waals surface area contributed by atoms with Crippen LogP contribution in [0.1, 0.15) is 12.5 Å². The molecular weight excluding hydrogens is 372 g/mol. The fourth-order valence-electron chi connectivity index (χ4n) is 2.58. The van der Waals surface area contributed by atoms with Crippen LogP contribution in [0.4, 0.5) is 13.2 Å². The van der Waals surface area contributed by atoms with Gasteiger partial charge in [0.15, 0.2) is 10.1 Å². The number of hydrogen-bond acceptors (Lipinski definition) is 3. The maximum atomic E-state index is 10.7. The van der Waals surface area contributed by atoms with Gasteiger partial charge in [-0.25, -0.2) is 8.42 Å². The Morgan fingerprint density at radius 3 is 1.72 bits per heavy atom. The van der Waals surface area contributed by atoms with Gasteiger partial charge in [0.1, 0.15) is 23.2 Å². The highest BCUT2D eigenvalue weighted by molar-refractivity contribution is 8.02. The van der Waals surface area contributed by atoms with Crippen LogP contribution in [-0.4, -0.2) is 25.1 Å². The summed E-state index contributed by atoms with van der Waals surface area (Å²) in [7, 11) is -7.20. The second-order valence-corrected chi connectivity index (χ2v) is 10.6. The summed E-state index contributed by atoms with van der Waals surface area (Å²) in [6.07, 6.45) is 0. The second kappa shape index (κ2) is 6.90. The fraction of sp³-hybridized carbons (Fsp3) is 0.176. The van der Waals surface area contributed by atoms with Gasteiger partial charge < -0.3 is 4.55 Å². The van der Waals surface area contributed by atoms with E-state index < -0.39 is 22.9 Å². The third kappa shape index (κ3) is 4.11. The third-order valence-electron chi connectivity index (χ3n) is 4.01. The first-order valence-electron chi connectivity index (χ1n) is 7.21. The first-order valence-corrected chi connectivity index (χ1v) is 10.9. The molecule has 1 aliphatic heterocycles. The molecule has 0 N–H and O–H groups in total. The maximum absolute atomic E-state index is 10.7. The Labute approximate surface area is 145 Å². The van der Waals surface area contributed by atoms with Gasteiger partial charge in [-0.3, -0.25) is 0 Å². The molecule has 1 atom stereocenters. The topological polar surface area (TPSA) is 57.2 Å². The van der Waals surface area contributed by atoms with E-state index in [1.165, 1.54) is 10.9 Å². The zero-order valence-corrected chi connectivity index (χ0v) is 15.2. The molecule has 1 unspecified atom stereocenters. The molecule has 3 rings (SSSR count). The first kappa shape index (κ1) is 19.6. The number of benzene rings is 2. The summed E-state index contributed by atoms with van der Waals surface area (Å²) in [6.45, 7) is 4.73. The van der Waals surface area contributed by atoms with E-state index in [2.05, 4.69) is 74.3 Å². The van der Waals surface area contributed by atoms with Crippen molar-refractivity contribution >= 4 is 28.0 Å². The van der Waals surface area contributed by atoms with E-state index in [4.69, 9.17) is 13.0 Å². The molecule has 0 amide bonds. The van der Waals surface area contributed by atoms with Gasteiger partial charge in [0.2, 0.25) is 0 Å². The van der Waals surface area contributed by atoms with E-state index in [1.54, 1.807) is 10.6 Å². The minimum Gasteiger partial charge on any atom is -0.741 e. The first-order chi connectivity index (χ1) is 11.5. The highest BCUT2D eigenvalue weighted by atomic mass is 32.2. The summed E-state index contributed by atoms with van der Waals surface area (Å²) in [5.41, 5.74) is -4.24. The van der Waals surface area contributed by atoms with Crippen LogP contribution in [0.25, 0.3) is 5.31 Å². The molecule has 0 saturated carbocycles. The van der Waals surface area contributed by atoms with Crippen molar-refractivity contribution in [1.29, 1.82) is 0 Å².